The first-order chi connectivity index (χ1) is 20.3. The van der Waals surface area contributed by atoms with Gasteiger partial charge in [-0.05, 0) is 72.2 Å². The number of nitrogens with one attached hydrogen (secondary N) is 2. The quantitative estimate of drug-likeness (QED) is 0.150. The maximum Gasteiger partial charge on any atom is 0.414 e. The van der Waals surface area contributed by atoms with Gasteiger partial charge in [0.25, 0.3) is 0 Å². The summed E-state index contributed by atoms with van der Waals surface area (Å²) in [6.07, 6.45) is 3.08. The normalized spacial score (nSPS) is 11.6. The maximum absolute atomic E-state index is 15.0. The molecule has 5 N–H and O–H groups in total. The number of anilines is 2. The number of fused-ring (bicyclic) bond motifs is 3. The lowest BCUT2D eigenvalue weighted by molar-refractivity contribution is 0.0588. The Kier molecular flexibility index (Phi) is 9.34. The van der Waals surface area contributed by atoms with Crippen molar-refractivity contribution >= 4 is 45.5 Å². The first-order valence-corrected chi connectivity index (χ1v) is 14.1. The molecule has 0 aliphatic heterocycles. The van der Waals surface area contributed by atoms with Crippen molar-refractivity contribution in [3.8, 4) is 11.8 Å². The Balaban J connectivity index is 1.82. The predicted octanol–water partition coefficient (Wildman–Crippen LogP) is 6.05. The summed E-state index contributed by atoms with van der Waals surface area (Å²) in [6, 6.07) is 3.90. The van der Waals surface area contributed by atoms with Crippen LogP contribution in [0.1, 0.15) is 68.2 Å². The number of nitrogens with two attached hydrogens (primary N) is 1. The summed E-state index contributed by atoms with van der Waals surface area (Å²) in [6.45, 7) is 9.75. The van der Waals surface area contributed by atoms with Crippen molar-refractivity contribution in [2.75, 3.05) is 30.4 Å². The molecule has 0 radical (unpaired) electrons. The van der Waals surface area contributed by atoms with Crippen molar-refractivity contribution in [2.24, 2.45) is 5.73 Å². The van der Waals surface area contributed by atoms with Crippen LogP contribution in [0, 0.1) is 19.7 Å². The highest BCUT2D eigenvalue weighted by Gasteiger charge is 2.25. The van der Waals surface area contributed by atoms with Crippen LogP contribution in [0.3, 0.4) is 0 Å². The van der Waals surface area contributed by atoms with Crippen LogP contribution in [-0.4, -0.2) is 62.8 Å². The third-order valence-corrected chi connectivity index (χ3v) is 6.72. The van der Waals surface area contributed by atoms with E-state index in [0.29, 0.717) is 52.2 Å². The summed E-state index contributed by atoms with van der Waals surface area (Å²) in [5, 5.41) is 13.9. The van der Waals surface area contributed by atoms with Crippen LogP contribution in [-0.2, 0) is 4.74 Å². The number of aromatic amines is 1. The number of H-pyrrole nitrogens is 1. The van der Waals surface area contributed by atoms with Crippen molar-refractivity contribution in [1.82, 2.24) is 19.9 Å². The zero-order chi connectivity index (χ0) is 31.5. The number of amides is 1. The highest BCUT2D eigenvalue weighted by Crippen LogP contribution is 2.37. The minimum Gasteiger partial charge on any atom is -0.478 e. The lowest BCUT2D eigenvalue weighted by Crippen LogP contribution is -2.34. The van der Waals surface area contributed by atoms with Crippen LogP contribution >= 0.6 is 0 Å². The first kappa shape index (κ1) is 31.4. The highest BCUT2D eigenvalue weighted by atomic mass is 19.1. The van der Waals surface area contributed by atoms with Crippen molar-refractivity contribution in [2.45, 2.75) is 65.9 Å². The highest BCUT2D eigenvalue weighted by molar-refractivity contribution is 6.15. The van der Waals surface area contributed by atoms with Crippen LogP contribution in [0.4, 0.5) is 20.7 Å². The number of ether oxygens (including phenoxy) is 2. The number of aromatic carboxylic acids is 1. The summed E-state index contributed by atoms with van der Waals surface area (Å²) < 4.78 is 26.5. The Bertz CT molecular complexity index is 1660. The number of unbranched alkanes of at least 4 members (excludes halogenated alkanes) is 3. The molecule has 1 aromatic carbocycles. The van der Waals surface area contributed by atoms with E-state index in [1.165, 1.54) is 30.1 Å². The molecule has 3 aromatic heterocycles. The lowest BCUT2D eigenvalue weighted by Gasteiger charge is -2.25. The van der Waals surface area contributed by atoms with Crippen LogP contribution in [0.2, 0.25) is 0 Å². The fraction of sp³-hybridized carbons (Fsp3) is 0.433. The van der Waals surface area contributed by atoms with Gasteiger partial charge < -0.3 is 30.6 Å². The van der Waals surface area contributed by atoms with E-state index < -0.39 is 23.5 Å². The van der Waals surface area contributed by atoms with Gasteiger partial charge in [-0.1, -0.05) is 12.8 Å². The van der Waals surface area contributed by atoms with Crippen molar-refractivity contribution in [3.05, 3.63) is 41.0 Å². The minimum absolute atomic E-state index is 0.00610. The Hall–Kier alpha value is -4.52. The van der Waals surface area contributed by atoms with Gasteiger partial charge in [0.05, 0.1) is 33.5 Å². The number of carbonyl (C=O) groups excluding carboxylic acids is 1. The molecule has 4 rings (SSSR count). The van der Waals surface area contributed by atoms with E-state index in [9.17, 15) is 14.7 Å². The van der Waals surface area contributed by atoms with Gasteiger partial charge in [-0.15, -0.1) is 0 Å². The number of halogens is 1. The number of aromatic nitrogens is 4. The zero-order valence-corrected chi connectivity index (χ0v) is 25.3. The molecule has 0 saturated carbocycles. The third kappa shape index (κ3) is 7.28. The molecule has 0 unspecified atom stereocenters. The standard InChI is InChI=1S/C30H38FN7O5/c1-16-19(27(39)40)15-22(17(2)34-16)42-28-36-25(33-12-10-8-7-9-11-32)23-20-13-18(31)14-21(24(20)35-26(23)37-28)38(6)29(41)43-30(3,4)5/h13-15H,7-12,32H2,1-6H3,(H,39,40)(H2,33,35,36,37). The van der Waals surface area contributed by atoms with Gasteiger partial charge in [0.15, 0.2) is 5.75 Å². The Labute approximate surface area is 248 Å². The Morgan fingerprint density at radius 2 is 1.79 bits per heavy atom. The summed E-state index contributed by atoms with van der Waals surface area (Å²) in [4.78, 5) is 42.4. The molecule has 0 bridgehead atoms. The number of hydrogen-bond acceptors (Lipinski definition) is 9. The molecule has 0 aliphatic carbocycles. The molecule has 12 nitrogen and oxygen atoms in total. The van der Waals surface area contributed by atoms with E-state index in [1.807, 2.05) is 0 Å². The van der Waals surface area contributed by atoms with Crippen LogP contribution in [0.5, 0.6) is 11.8 Å². The second-order valence-electron chi connectivity index (χ2n) is 11.3. The van der Waals surface area contributed by atoms with Gasteiger partial charge in [-0.25, -0.2) is 14.0 Å². The number of pyridine rings is 1. The van der Waals surface area contributed by atoms with Gasteiger partial charge in [-0.3, -0.25) is 9.88 Å². The molecule has 3 heterocycles. The van der Waals surface area contributed by atoms with Gasteiger partial charge in [-0.2, -0.15) is 9.97 Å². The molecule has 230 valence electrons. The van der Waals surface area contributed by atoms with Crippen LogP contribution < -0.4 is 20.7 Å². The number of aryl methyl sites for hydroxylation is 2. The number of carboxylic acid groups (broad SMARTS) is 1. The topological polar surface area (TPSA) is 169 Å². The SMILES string of the molecule is Cc1nc(C)c(C(=O)O)cc1Oc1nc(NCCCCCCN)c2c(n1)[nH]c1c(N(C)C(=O)OC(C)(C)C)cc(F)cc12. The number of benzene rings is 1. The fourth-order valence-electron chi connectivity index (χ4n) is 4.65. The van der Waals surface area contributed by atoms with Gasteiger partial charge in [0, 0.05) is 19.0 Å². The summed E-state index contributed by atoms with van der Waals surface area (Å²) in [7, 11) is 1.50. The lowest BCUT2D eigenvalue weighted by atomic mass is 10.1. The zero-order valence-electron chi connectivity index (χ0n) is 25.3. The summed E-state index contributed by atoms with van der Waals surface area (Å²) in [5.41, 5.74) is 6.69. The fourth-order valence-corrected chi connectivity index (χ4v) is 4.65. The molecular weight excluding hydrogens is 557 g/mol. The largest absolute Gasteiger partial charge is 0.478 e. The molecule has 4 aromatic rings. The van der Waals surface area contributed by atoms with E-state index in [0.717, 1.165) is 25.7 Å². The third-order valence-electron chi connectivity index (χ3n) is 6.72. The molecule has 0 fully saturated rings. The molecule has 0 spiro atoms. The number of carboxylic acids is 1. The van der Waals surface area contributed by atoms with E-state index >= 15 is 4.39 Å². The van der Waals surface area contributed by atoms with Crippen molar-refractivity contribution in [3.63, 3.8) is 0 Å². The number of nitrogens with zero attached hydrogens (tertiary/aromatic N) is 4. The molecule has 0 aliphatic rings. The average molecular weight is 596 g/mol. The molecular formula is C30H38FN7O5. The Morgan fingerprint density at radius 1 is 1.07 bits per heavy atom. The van der Waals surface area contributed by atoms with Crippen molar-refractivity contribution in [1.29, 1.82) is 0 Å². The molecule has 0 saturated heterocycles. The van der Waals surface area contributed by atoms with Gasteiger partial charge in [0.1, 0.15) is 22.9 Å². The van der Waals surface area contributed by atoms with E-state index in [4.69, 9.17) is 15.2 Å². The van der Waals surface area contributed by atoms with Crippen LogP contribution in [0.25, 0.3) is 21.9 Å². The number of hydrogen-bond donors (Lipinski definition) is 4. The van der Waals surface area contributed by atoms with E-state index in [1.54, 1.807) is 34.6 Å². The maximum atomic E-state index is 15.0. The minimum atomic E-state index is -1.14. The first-order valence-electron chi connectivity index (χ1n) is 14.1. The molecule has 0 atom stereocenters. The Morgan fingerprint density at radius 3 is 2.47 bits per heavy atom. The predicted molar refractivity (Wildman–Crippen MR) is 163 cm³/mol. The second kappa shape index (κ2) is 12.8. The monoisotopic (exact) mass is 595 g/mol. The average Bonchev–Trinajstić information content (AvgIpc) is 3.28. The van der Waals surface area contributed by atoms with Gasteiger partial charge >= 0.3 is 18.1 Å². The number of rotatable bonds is 11. The van der Waals surface area contributed by atoms with Gasteiger partial charge in [0.2, 0.25) is 0 Å². The molecule has 43 heavy (non-hydrogen) atoms. The molecule has 1 amide bonds. The smallest absolute Gasteiger partial charge is 0.414 e. The number of carbonyl (C=O) groups is 2. The summed E-state index contributed by atoms with van der Waals surface area (Å²) >= 11 is 0. The second-order valence-corrected chi connectivity index (χ2v) is 11.3. The molecule has 13 heteroatoms. The van der Waals surface area contributed by atoms with Crippen LogP contribution in [0.15, 0.2) is 18.2 Å². The van der Waals surface area contributed by atoms with Crippen molar-refractivity contribution < 1.29 is 28.6 Å². The summed E-state index contributed by atoms with van der Waals surface area (Å²) in [5.74, 6) is -1.13. The van der Waals surface area contributed by atoms with E-state index in [2.05, 4.69) is 25.3 Å². The van der Waals surface area contributed by atoms with E-state index in [-0.39, 0.29) is 23.0 Å².